The Labute approximate surface area is 139 Å². The third-order valence-electron chi connectivity index (χ3n) is 3.58. The topological polar surface area (TPSA) is 88.3 Å². The van der Waals surface area contributed by atoms with Gasteiger partial charge in [-0.3, -0.25) is 9.69 Å². The summed E-state index contributed by atoms with van der Waals surface area (Å²) >= 11 is 2.81. The van der Waals surface area contributed by atoms with E-state index in [-0.39, 0.29) is 17.0 Å². The predicted molar refractivity (Wildman–Crippen MR) is 86.2 cm³/mol. The molecule has 7 nitrogen and oxygen atoms in total. The maximum atomic E-state index is 12.2. The molecule has 1 saturated heterocycles. The molecule has 0 saturated carbocycles. The molecule has 0 spiro atoms. The Morgan fingerprint density at radius 3 is 3.00 bits per heavy atom. The average Bonchev–Trinajstić information content (AvgIpc) is 3.22. The summed E-state index contributed by atoms with van der Waals surface area (Å²) in [7, 11) is 1.87. The molecular weight excluding hydrogens is 336 g/mol. The van der Waals surface area contributed by atoms with Crippen molar-refractivity contribution >= 4 is 41.1 Å². The number of amides is 1. The molecular formula is C14H10N4O3S2. The number of aliphatic carboxylic acids is 1. The smallest absolute Gasteiger partial charge is 0.353 e. The van der Waals surface area contributed by atoms with E-state index in [1.807, 2.05) is 23.2 Å². The second-order valence-electron chi connectivity index (χ2n) is 5.01. The van der Waals surface area contributed by atoms with Crippen LogP contribution in [0.5, 0.6) is 0 Å². The van der Waals surface area contributed by atoms with Gasteiger partial charge in [0, 0.05) is 30.2 Å². The predicted octanol–water partition coefficient (Wildman–Crippen LogP) is 1.77. The molecule has 0 radical (unpaired) electrons. The molecule has 2 aliphatic heterocycles. The van der Waals surface area contributed by atoms with Crippen LogP contribution < -0.4 is 0 Å². The quantitative estimate of drug-likeness (QED) is 0.673. The van der Waals surface area contributed by atoms with Gasteiger partial charge >= 0.3 is 5.97 Å². The molecule has 2 aromatic rings. The molecule has 0 unspecified atom stereocenters. The van der Waals surface area contributed by atoms with Crippen molar-refractivity contribution in [3.05, 3.63) is 40.1 Å². The lowest BCUT2D eigenvalue weighted by Gasteiger charge is -2.36. The zero-order chi connectivity index (χ0) is 16.1. The highest BCUT2D eigenvalue weighted by Gasteiger charge is 2.49. The lowest BCUT2D eigenvalue weighted by Crippen LogP contribution is -2.51. The van der Waals surface area contributed by atoms with Crippen LogP contribution in [0.1, 0.15) is 5.69 Å². The number of hydrogen-bond donors (Lipinski definition) is 1. The number of thiazole rings is 1. The Morgan fingerprint density at radius 2 is 2.30 bits per heavy atom. The number of aryl methyl sites for hydroxylation is 1. The number of carbonyl (C=O) groups is 2. The number of hydrogen-bond acceptors (Lipinski definition) is 6. The number of imidazole rings is 1. The first-order chi connectivity index (χ1) is 11.1. The van der Waals surface area contributed by atoms with Crippen LogP contribution in [0, 0.1) is 0 Å². The van der Waals surface area contributed by atoms with Crippen LogP contribution in [0.3, 0.4) is 0 Å². The van der Waals surface area contributed by atoms with Crippen LogP contribution in [-0.2, 0) is 16.6 Å². The summed E-state index contributed by atoms with van der Waals surface area (Å²) in [5.74, 6) is -0.634. The Bertz CT molecular complexity index is 882. The van der Waals surface area contributed by atoms with Crippen LogP contribution in [0.15, 0.2) is 34.5 Å². The van der Waals surface area contributed by atoms with Crippen LogP contribution in [0.2, 0.25) is 0 Å². The third kappa shape index (κ3) is 2.12. The first-order valence-corrected chi connectivity index (χ1v) is 8.46. The van der Waals surface area contributed by atoms with Crippen molar-refractivity contribution in [3.63, 3.8) is 0 Å². The summed E-state index contributed by atoms with van der Waals surface area (Å²) in [6, 6.07) is 0. The number of nitrogens with zero attached hydrogens (tertiary/aromatic N) is 4. The van der Waals surface area contributed by atoms with E-state index in [2.05, 4.69) is 9.97 Å². The number of β-lactam (4-membered cyclic amide) rings is 1. The van der Waals surface area contributed by atoms with E-state index in [0.717, 1.165) is 10.8 Å². The normalized spacial score (nSPS) is 21.3. The summed E-state index contributed by atoms with van der Waals surface area (Å²) in [4.78, 5) is 33.3. The number of carboxylic acid groups (broad SMARTS) is 1. The molecule has 2 aliphatic rings. The zero-order valence-corrected chi connectivity index (χ0v) is 13.5. The molecule has 1 atom stereocenters. The van der Waals surface area contributed by atoms with Gasteiger partial charge in [0.15, 0.2) is 10.8 Å². The number of carboxylic acids is 1. The largest absolute Gasteiger partial charge is 0.477 e. The SMILES string of the molecule is Cn1cc(C=C2C(=O)N3C(C(=O)O)=CS[C@H]23)nc1-c1nccs1. The Morgan fingerprint density at radius 1 is 1.48 bits per heavy atom. The summed E-state index contributed by atoms with van der Waals surface area (Å²) < 4.78 is 1.86. The number of rotatable bonds is 3. The van der Waals surface area contributed by atoms with E-state index < -0.39 is 5.97 Å². The zero-order valence-electron chi connectivity index (χ0n) is 11.8. The maximum Gasteiger partial charge on any atom is 0.353 e. The van der Waals surface area contributed by atoms with Gasteiger partial charge in [-0.1, -0.05) is 0 Å². The minimum absolute atomic E-state index is 0.0339. The second kappa shape index (κ2) is 5.07. The van der Waals surface area contributed by atoms with E-state index in [4.69, 9.17) is 5.11 Å². The highest BCUT2D eigenvalue weighted by molar-refractivity contribution is 8.03. The van der Waals surface area contributed by atoms with Gasteiger partial charge < -0.3 is 9.67 Å². The number of aromatic nitrogens is 3. The first kappa shape index (κ1) is 14.2. The summed E-state index contributed by atoms with van der Waals surface area (Å²) in [5.41, 5.74) is 1.25. The molecule has 0 bridgehead atoms. The lowest BCUT2D eigenvalue weighted by atomic mass is 10.0. The number of fused-ring (bicyclic) bond motifs is 1. The van der Waals surface area contributed by atoms with Gasteiger partial charge in [-0.15, -0.1) is 23.1 Å². The van der Waals surface area contributed by atoms with Crippen molar-refractivity contribution in [1.82, 2.24) is 19.4 Å². The van der Waals surface area contributed by atoms with Gasteiger partial charge in [0.25, 0.3) is 5.91 Å². The molecule has 1 amide bonds. The molecule has 1 fully saturated rings. The van der Waals surface area contributed by atoms with Crippen molar-refractivity contribution in [2.24, 2.45) is 7.05 Å². The summed E-state index contributed by atoms with van der Waals surface area (Å²) in [6.07, 6.45) is 5.26. The monoisotopic (exact) mass is 346 g/mol. The van der Waals surface area contributed by atoms with Gasteiger partial charge in [0.1, 0.15) is 11.1 Å². The fourth-order valence-corrected chi connectivity index (χ4v) is 4.30. The van der Waals surface area contributed by atoms with Crippen molar-refractivity contribution in [2.75, 3.05) is 0 Å². The van der Waals surface area contributed by atoms with Crippen LogP contribution in [0.25, 0.3) is 16.9 Å². The number of carbonyl (C=O) groups excluding carboxylic acids is 1. The van der Waals surface area contributed by atoms with Gasteiger partial charge in [-0.25, -0.2) is 14.8 Å². The van der Waals surface area contributed by atoms with Crippen molar-refractivity contribution < 1.29 is 14.7 Å². The third-order valence-corrected chi connectivity index (χ3v) is 5.43. The Kier molecular flexibility index (Phi) is 3.13. The van der Waals surface area contributed by atoms with E-state index >= 15 is 0 Å². The van der Waals surface area contributed by atoms with Crippen molar-refractivity contribution in [1.29, 1.82) is 0 Å². The second-order valence-corrected chi connectivity index (χ2v) is 6.86. The van der Waals surface area contributed by atoms with E-state index in [0.29, 0.717) is 11.3 Å². The molecule has 9 heteroatoms. The minimum atomic E-state index is -1.09. The van der Waals surface area contributed by atoms with Crippen molar-refractivity contribution in [3.8, 4) is 10.8 Å². The molecule has 0 aromatic carbocycles. The number of thioether (sulfide) groups is 1. The van der Waals surface area contributed by atoms with Gasteiger partial charge in [-0.05, 0) is 6.08 Å². The van der Waals surface area contributed by atoms with E-state index in [9.17, 15) is 9.59 Å². The molecule has 23 heavy (non-hydrogen) atoms. The standard InChI is InChI=1S/C14H10N4O3S2/c1-17-5-7(16-10(17)11-15-2-3-22-11)4-8-12(19)18-9(14(20)21)6-23-13(8)18/h2-6,13H,1H3,(H,20,21)/t13-/m1/s1. The van der Waals surface area contributed by atoms with Crippen molar-refractivity contribution in [2.45, 2.75) is 5.37 Å². The van der Waals surface area contributed by atoms with E-state index in [1.165, 1.54) is 33.4 Å². The lowest BCUT2D eigenvalue weighted by molar-refractivity contribution is -0.141. The summed E-state index contributed by atoms with van der Waals surface area (Å²) in [6.45, 7) is 0. The minimum Gasteiger partial charge on any atom is -0.477 e. The summed E-state index contributed by atoms with van der Waals surface area (Å²) in [5, 5.41) is 13.0. The van der Waals surface area contributed by atoms with Crippen LogP contribution in [-0.4, -0.2) is 41.8 Å². The molecule has 116 valence electrons. The molecule has 0 aliphatic carbocycles. The first-order valence-electron chi connectivity index (χ1n) is 6.63. The average molecular weight is 346 g/mol. The Balaban J connectivity index is 1.63. The molecule has 4 heterocycles. The van der Waals surface area contributed by atoms with Gasteiger partial charge in [-0.2, -0.15) is 0 Å². The highest BCUT2D eigenvalue weighted by Crippen LogP contribution is 2.45. The van der Waals surface area contributed by atoms with Crippen LogP contribution in [0.4, 0.5) is 0 Å². The fraction of sp³-hybridized carbons (Fsp3) is 0.143. The molecule has 2 aromatic heterocycles. The highest BCUT2D eigenvalue weighted by atomic mass is 32.2. The maximum absolute atomic E-state index is 12.2. The fourth-order valence-electron chi connectivity index (χ4n) is 2.52. The van der Waals surface area contributed by atoms with E-state index in [1.54, 1.807) is 12.3 Å². The van der Waals surface area contributed by atoms with Crippen LogP contribution >= 0.6 is 23.1 Å². The molecule has 4 rings (SSSR count). The Hall–Kier alpha value is -2.39. The van der Waals surface area contributed by atoms with Gasteiger partial charge in [0.2, 0.25) is 0 Å². The van der Waals surface area contributed by atoms with Gasteiger partial charge in [0.05, 0.1) is 11.3 Å². The molecule has 1 N–H and O–H groups in total.